The fourth-order valence-corrected chi connectivity index (χ4v) is 4.95. The molecule has 0 radical (unpaired) electrons. The summed E-state index contributed by atoms with van der Waals surface area (Å²) in [7, 11) is 0. The van der Waals surface area contributed by atoms with Crippen LogP contribution in [0, 0.1) is 10.1 Å². The van der Waals surface area contributed by atoms with Crippen molar-refractivity contribution < 1.29 is 14.5 Å². The third kappa shape index (κ3) is 5.77. The molecular formula is C32H31N3O4. The van der Waals surface area contributed by atoms with Gasteiger partial charge in [-0.3, -0.25) is 14.9 Å². The van der Waals surface area contributed by atoms with Gasteiger partial charge in [-0.05, 0) is 41.3 Å². The van der Waals surface area contributed by atoms with Crippen LogP contribution in [-0.4, -0.2) is 22.3 Å². The number of ether oxygens (including phenoxy) is 1. The first kappa shape index (κ1) is 26.0. The number of amides is 1. The zero-order chi connectivity index (χ0) is 27.2. The van der Waals surface area contributed by atoms with Crippen LogP contribution in [0.4, 0.5) is 11.4 Å². The van der Waals surface area contributed by atoms with Crippen molar-refractivity contribution in [2.75, 3.05) is 11.5 Å². The van der Waals surface area contributed by atoms with Gasteiger partial charge in [0.05, 0.1) is 22.8 Å². The van der Waals surface area contributed by atoms with Gasteiger partial charge in [0.2, 0.25) is 0 Å². The molecule has 198 valence electrons. The van der Waals surface area contributed by atoms with Crippen LogP contribution >= 0.6 is 0 Å². The van der Waals surface area contributed by atoms with Gasteiger partial charge in [0, 0.05) is 25.2 Å². The Morgan fingerprint density at radius 2 is 1.44 bits per heavy atom. The summed E-state index contributed by atoms with van der Waals surface area (Å²) in [6.45, 7) is 3.65. The Morgan fingerprint density at radius 3 is 2.03 bits per heavy atom. The second-order valence-corrected chi connectivity index (χ2v) is 9.64. The Balaban J connectivity index is 1.62. The van der Waals surface area contributed by atoms with E-state index in [1.165, 1.54) is 12.1 Å². The lowest BCUT2D eigenvalue weighted by molar-refractivity contribution is -0.384. The maximum Gasteiger partial charge on any atom is 0.270 e. The van der Waals surface area contributed by atoms with E-state index >= 15 is 0 Å². The Hall–Kier alpha value is -4.65. The Bertz CT molecular complexity index is 1430. The zero-order valence-corrected chi connectivity index (χ0v) is 21.9. The van der Waals surface area contributed by atoms with E-state index in [4.69, 9.17) is 4.74 Å². The highest BCUT2D eigenvalue weighted by atomic mass is 16.6. The van der Waals surface area contributed by atoms with E-state index in [9.17, 15) is 14.9 Å². The number of non-ortho nitro benzene ring substituents is 1. The van der Waals surface area contributed by atoms with Gasteiger partial charge >= 0.3 is 0 Å². The van der Waals surface area contributed by atoms with E-state index in [-0.39, 0.29) is 11.6 Å². The summed E-state index contributed by atoms with van der Waals surface area (Å²) >= 11 is 0. The molecule has 7 nitrogen and oxygen atoms in total. The van der Waals surface area contributed by atoms with E-state index in [0.29, 0.717) is 30.9 Å². The molecule has 7 heteroatoms. The molecular weight excluding hydrogens is 490 g/mol. The summed E-state index contributed by atoms with van der Waals surface area (Å²) in [6.07, 6.45) is 1.61. The molecule has 0 aromatic heterocycles. The number of carbonyl (C=O) groups excluding carboxylic acids is 1. The van der Waals surface area contributed by atoms with Crippen molar-refractivity contribution in [2.24, 2.45) is 0 Å². The molecule has 4 aromatic rings. The number of nitro groups is 1. The molecule has 0 unspecified atom stereocenters. The maximum atomic E-state index is 14.1. The fraction of sp³-hybridized carbons (Fsp3) is 0.219. The maximum absolute atomic E-state index is 14.1. The number of hydrogen-bond acceptors (Lipinski definition) is 5. The number of fused-ring (bicyclic) bond motifs is 1. The largest absolute Gasteiger partial charge is 0.494 e. The SMILES string of the molecule is CCCCOc1ccc([C@@H]2N(Cc3ccccc3)C(=O)c3cc([N+](=O)[O-])ccc3N2Cc2ccccc2)cc1. The molecule has 0 bridgehead atoms. The van der Waals surface area contributed by atoms with E-state index < -0.39 is 11.1 Å². The molecule has 0 spiro atoms. The van der Waals surface area contributed by atoms with Crippen LogP contribution in [0.1, 0.15) is 53.0 Å². The number of anilines is 1. The monoisotopic (exact) mass is 521 g/mol. The van der Waals surface area contributed by atoms with Crippen molar-refractivity contribution in [3.63, 3.8) is 0 Å². The highest BCUT2D eigenvalue weighted by Crippen LogP contribution is 2.42. The number of benzene rings is 4. The number of nitrogens with zero attached hydrogens (tertiary/aromatic N) is 3. The summed E-state index contributed by atoms with van der Waals surface area (Å²) in [5.41, 5.74) is 3.87. The molecule has 0 fully saturated rings. The molecule has 1 aliphatic heterocycles. The van der Waals surface area contributed by atoms with Crippen LogP contribution in [-0.2, 0) is 13.1 Å². The molecule has 5 rings (SSSR count). The van der Waals surface area contributed by atoms with Crippen LogP contribution in [0.2, 0.25) is 0 Å². The molecule has 0 saturated heterocycles. The normalized spacial score (nSPS) is 14.7. The van der Waals surface area contributed by atoms with Crippen molar-refractivity contribution in [1.82, 2.24) is 4.90 Å². The molecule has 1 heterocycles. The van der Waals surface area contributed by atoms with Crippen LogP contribution in [0.25, 0.3) is 0 Å². The van der Waals surface area contributed by atoms with Gasteiger partial charge in [-0.2, -0.15) is 0 Å². The Kier molecular flexibility index (Phi) is 7.87. The molecule has 4 aromatic carbocycles. The average molecular weight is 522 g/mol. The van der Waals surface area contributed by atoms with Crippen LogP contribution in [0.15, 0.2) is 103 Å². The lowest BCUT2D eigenvalue weighted by Crippen LogP contribution is -2.48. The minimum absolute atomic E-state index is 0.103. The van der Waals surface area contributed by atoms with Crippen LogP contribution < -0.4 is 9.64 Å². The summed E-state index contributed by atoms with van der Waals surface area (Å²) in [5, 5.41) is 11.6. The summed E-state index contributed by atoms with van der Waals surface area (Å²) in [6, 6.07) is 32.3. The topological polar surface area (TPSA) is 75.9 Å². The zero-order valence-electron chi connectivity index (χ0n) is 21.9. The number of carbonyl (C=O) groups is 1. The first-order chi connectivity index (χ1) is 19.0. The van der Waals surface area contributed by atoms with Crippen LogP contribution in [0.3, 0.4) is 0 Å². The summed E-state index contributed by atoms with van der Waals surface area (Å²) in [4.78, 5) is 29.2. The lowest BCUT2D eigenvalue weighted by Gasteiger charge is -2.46. The minimum Gasteiger partial charge on any atom is -0.494 e. The lowest BCUT2D eigenvalue weighted by atomic mass is 9.98. The van der Waals surface area contributed by atoms with Gasteiger partial charge in [-0.1, -0.05) is 86.1 Å². The van der Waals surface area contributed by atoms with E-state index in [0.717, 1.165) is 35.3 Å². The third-order valence-corrected chi connectivity index (χ3v) is 6.92. The predicted octanol–water partition coefficient (Wildman–Crippen LogP) is 7.14. The first-order valence-electron chi connectivity index (χ1n) is 13.2. The molecule has 1 amide bonds. The quantitative estimate of drug-likeness (QED) is 0.126. The van der Waals surface area contributed by atoms with Crippen molar-refractivity contribution in [3.05, 3.63) is 135 Å². The smallest absolute Gasteiger partial charge is 0.270 e. The van der Waals surface area contributed by atoms with E-state index in [1.54, 1.807) is 11.0 Å². The molecule has 39 heavy (non-hydrogen) atoms. The third-order valence-electron chi connectivity index (χ3n) is 6.92. The second-order valence-electron chi connectivity index (χ2n) is 9.64. The highest BCUT2D eigenvalue weighted by molar-refractivity contribution is 6.02. The molecule has 0 saturated carbocycles. The number of rotatable bonds is 10. The van der Waals surface area contributed by atoms with E-state index in [1.807, 2.05) is 84.9 Å². The van der Waals surface area contributed by atoms with Crippen molar-refractivity contribution in [2.45, 2.75) is 39.0 Å². The van der Waals surface area contributed by atoms with Gasteiger partial charge in [0.25, 0.3) is 11.6 Å². The van der Waals surface area contributed by atoms with Gasteiger partial charge in [-0.15, -0.1) is 0 Å². The Labute approximate surface area is 228 Å². The molecule has 0 aliphatic carbocycles. The molecule has 1 atom stereocenters. The van der Waals surface area contributed by atoms with Crippen molar-refractivity contribution in [3.8, 4) is 5.75 Å². The number of hydrogen-bond donors (Lipinski definition) is 0. The van der Waals surface area contributed by atoms with E-state index in [2.05, 4.69) is 11.8 Å². The highest BCUT2D eigenvalue weighted by Gasteiger charge is 2.39. The first-order valence-corrected chi connectivity index (χ1v) is 13.2. The second kappa shape index (κ2) is 11.8. The fourth-order valence-electron chi connectivity index (χ4n) is 4.95. The van der Waals surface area contributed by atoms with Crippen molar-refractivity contribution >= 4 is 17.3 Å². The predicted molar refractivity (Wildman–Crippen MR) is 152 cm³/mol. The molecule has 0 N–H and O–H groups in total. The minimum atomic E-state index is -0.458. The van der Waals surface area contributed by atoms with Crippen molar-refractivity contribution in [1.29, 1.82) is 0 Å². The summed E-state index contributed by atoms with van der Waals surface area (Å²) in [5.74, 6) is 0.546. The Morgan fingerprint density at radius 1 is 0.821 bits per heavy atom. The number of nitro benzene ring substituents is 1. The van der Waals surface area contributed by atoms with Gasteiger partial charge in [0.15, 0.2) is 0 Å². The molecule has 1 aliphatic rings. The number of unbranched alkanes of at least 4 members (excludes halogenated alkanes) is 1. The standard InChI is InChI=1S/C32H31N3O4/c1-2-3-20-39-28-17-14-26(15-18-28)31-33(22-24-10-6-4-7-11-24)30-19-16-27(35(37)38)21-29(30)32(36)34(31)23-25-12-8-5-9-13-25/h4-19,21,31H,2-3,20,22-23H2,1H3/t31-/m0/s1. The average Bonchev–Trinajstić information content (AvgIpc) is 2.97. The van der Waals surface area contributed by atoms with Gasteiger partial charge < -0.3 is 14.5 Å². The summed E-state index contributed by atoms with van der Waals surface area (Å²) < 4.78 is 5.89. The van der Waals surface area contributed by atoms with Gasteiger partial charge in [0.1, 0.15) is 11.9 Å². The van der Waals surface area contributed by atoms with Crippen LogP contribution in [0.5, 0.6) is 5.75 Å². The van der Waals surface area contributed by atoms with Gasteiger partial charge in [-0.25, -0.2) is 0 Å².